The number of esters is 1. The first-order valence-electron chi connectivity index (χ1n) is 6.42. The molecule has 4 nitrogen and oxygen atoms in total. The van der Waals surface area contributed by atoms with Gasteiger partial charge >= 0.3 is 5.97 Å². The van der Waals surface area contributed by atoms with Crippen molar-refractivity contribution in [3.63, 3.8) is 0 Å². The smallest absolute Gasteiger partial charge is 0.329 e. The van der Waals surface area contributed by atoms with Crippen molar-refractivity contribution >= 4 is 33.5 Å². The first-order chi connectivity index (χ1) is 9.16. The van der Waals surface area contributed by atoms with Crippen LogP contribution in [-0.4, -0.2) is 24.5 Å². The lowest BCUT2D eigenvalue weighted by atomic mass is 10.1. The number of ether oxygens (including phenoxy) is 1. The van der Waals surface area contributed by atoms with Crippen LogP contribution < -0.4 is 4.90 Å². The lowest BCUT2D eigenvalue weighted by Crippen LogP contribution is -2.44. The van der Waals surface area contributed by atoms with Crippen molar-refractivity contribution in [2.75, 3.05) is 11.5 Å². The van der Waals surface area contributed by atoms with E-state index in [4.69, 9.17) is 4.74 Å². The number of hydrogen-bond acceptors (Lipinski definition) is 3. The SMILES string of the molecule is O=C1OCCC1N(C(=O)C1CC1)c1ccc(Br)cc1. The zero-order chi connectivity index (χ0) is 13.4. The Balaban J connectivity index is 1.93. The minimum atomic E-state index is -0.464. The zero-order valence-corrected chi connectivity index (χ0v) is 11.9. The normalized spacial score (nSPS) is 22.2. The minimum Gasteiger partial charge on any atom is -0.464 e. The Bertz CT molecular complexity index is 510. The second kappa shape index (κ2) is 4.96. The Labute approximate surface area is 119 Å². The van der Waals surface area contributed by atoms with Gasteiger partial charge in [-0.15, -0.1) is 0 Å². The van der Waals surface area contributed by atoms with E-state index in [-0.39, 0.29) is 17.8 Å². The molecule has 3 rings (SSSR count). The highest BCUT2D eigenvalue weighted by atomic mass is 79.9. The molecule has 1 heterocycles. The largest absolute Gasteiger partial charge is 0.464 e. The standard InChI is InChI=1S/C14H14BrNO3/c15-10-3-5-11(6-4-10)16(13(17)9-1-2-9)12-7-8-19-14(12)18/h3-6,9,12H,1-2,7-8H2. The van der Waals surface area contributed by atoms with Crippen LogP contribution in [0.15, 0.2) is 28.7 Å². The molecule has 5 heteroatoms. The molecule has 1 aliphatic heterocycles. The molecule has 1 unspecified atom stereocenters. The topological polar surface area (TPSA) is 46.6 Å². The Morgan fingerprint density at radius 1 is 1.21 bits per heavy atom. The summed E-state index contributed by atoms with van der Waals surface area (Å²) in [5.41, 5.74) is 0.768. The van der Waals surface area contributed by atoms with E-state index in [1.165, 1.54) is 0 Å². The monoisotopic (exact) mass is 323 g/mol. The summed E-state index contributed by atoms with van der Waals surface area (Å²) in [6.45, 7) is 0.397. The summed E-state index contributed by atoms with van der Waals surface area (Å²) in [6, 6.07) is 7.01. The third-order valence-electron chi connectivity index (χ3n) is 3.49. The van der Waals surface area contributed by atoms with Gasteiger partial charge in [0.15, 0.2) is 0 Å². The van der Waals surface area contributed by atoms with Gasteiger partial charge in [0.25, 0.3) is 0 Å². The molecule has 1 saturated carbocycles. The summed E-state index contributed by atoms with van der Waals surface area (Å²) in [6.07, 6.45) is 2.43. The number of carbonyl (C=O) groups is 2. The van der Waals surface area contributed by atoms with Gasteiger partial charge in [0, 0.05) is 22.5 Å². The van der Waals surface area contributed by atoms with Crippen LogP contribution in [0.3, 0.4) is 0 Å². The Morgan fingerprint density at radius 3 is 2.42 bits per heavy atom. The van der Waals surface area contributed by atoms with Crippen LogP contribution >= 0.6 is 15.9 Å². The number of rotatable bonds is 3. The molecule has 19 heavy (non-hydrogen) atoms. The fraction of sp³-hybridized carbons (Fsp3) is 0.429. The fourth-order valence-corrected chi connectivity index (χ4v) is 2.57. The second-order valence-corrected chi connectivity index (χ2v) is 5.85. The number of halogens is 1. The molecule has 2 aliphatic rings. The van der Waals surface area contributed by atoms with Gasteiger partial charge in [-0.25, -0.2) is 4.79 Å². The zero-order valence-electron chi connectivity index (χ0n) is 10.3. The first-order valence-corrected chi connectivity index (χ1v) is 7.21. The highest BCUT2D eigenvalue weighted by molar-refractivity contribution is 9.10. The third-order valence-corrected chi connectivity index (χ3v) is 4.02. The van der Waals surface area contributed by atoms with Gasteiger partial charge in [0.2, 0.25) is 5.91 Å². The Morgan fingerprint density at radius 2 is 1.89 bits per heavy atom. The maximum absolute atomic E-state index is 12.4. The number of benzene rings is 1. The van der Waals surface area contributed by atoms with Crippen molar-refractivity contribution in [2.45, 2.75) is 25.3 Å². The van der Waals surface area contributed by atoms with Gasteiger partial charge in [-0.05, 0) is 37.1 Å². The van der Waals surface area contributed by atoms with Gasteiger partial charge < -0.3 is 4.74 Å². The molecule has 1 aromatic rings. The van der Waals surface area contributed by atoms with E-state index in [1.54, 1.807) is 4.90 Å². The predicted molar refractivity (Wildman–Crippen MR) is 73.7 cm³/mol. The molecule has 0 aromatic heterocycles. The first kappa shape index (κ1) is 12.7. The molecular weight excluding hydrogens is 310 g/mol. The Kier molecular flexibility index (Phi) is 3.31. The summed E-state index contributed by atoms with van der Waals surface area (Å²) in [5, 5.41) is 0. The molecule has 0 bridgehead atoms. The number of hydrogen-bond donors (Lipinski definition) is 0. The van der Waals surface area contributed by atoms with E-state index in [0.717, 1.165) is 23.0 Å². The molecule has 1 aromatic carbocycles. The van der Waals surface area contributed by atoms with Gasteiger partial charge in [0.05, 0.1) is 6.61 Å². The van der Waals surface area contributed by atoms with Crippen molar-refractivity contribution in [1.82, 2.24) is 0 Å². The summed E-state index contributed by atoms with van der Waals surface area (Å²) in [4.78, 5) is 25.8. The van der Waals surface area contributed by atoms with Crippen molar-refractivity contribution in [2.24, 2.45) is 5.92 Å². The van der Waals surface area contributed by atoms with E-state index in [2.05, 4.69) is 15.9 Å². The molecular formula is C14H14BrNO3. The molecule has 0 spiro atoms. The fourth-order valence-electron chi connectivity index (χ4n) is 2.31. The lowest BCUT2D eigenvalue weighted by Gasteiger charge is -2.26. The quantitative estimate of drug-likeness (QED) is 0.803. The van der Waals surface area contributed by atoms with Crippen LogP contribution in [0.4, 0.5) is 5.69 Å². The summed E-state index contributed by atoms with van der Waals surface area (Å²) in [5.74, 6) is -0.167. The highest BCUT2D eigenvalue weighted by Crippen LogP contribution is 2.35. The van der Waals surface area contributed by atoms with Gasteiger partial charge in [-0.3, -0.25) is 9.69 Å². The van der Waals surface area contributed by atoms with Crippen molar-refractivity contribution in [1.29, 1.82) is 0 Å². The molecule has 1 amide bonds. The lowest BCUT2D eigenvalue weighted by molar-refractivity contribution is -0.140. The molecule has 100 valence electrons. The number of anilines is 1. The molecule has 2 fully saturated rings. The average Bonchev–Trinajstić information content (AvgIpc) is 3.17. The van der Waals surface area contributed by atoms with Gasteiger partial charge in [-0.1, -0.05) is 15.9 Å². The van der Waals surface area contributed by atoms with E-state index in [0.29, 0.717) is 13.0 Å². The van der Waals surface area contributed by atoms with Crippen molar-refractivity contribution < 1.29 is 14.3 Å². The van der Waals surface area contributed by atoms with E-state index < -0.39 is 6.04 Å². The van der Waals surface area contributed by atoms with Crippen molar-refractivity contribution in [3.05, 3.63) is 28.7 Å². The second-order valence-electron chi connectivity index (χ2n) is 4.93. The molecule has 1 saturated heterocycles. The molecule has 0 N–H and O–H groups in total. The van der Waals surface area contributed by atoms with Crippen molar-refractivity contribution in [3.8, 4) is 0 Å². The highest BCUT2D eigenvalue weighted by Gasteiger charge is 2.41. The number of amides is 1. The maximum atomic E-state index is 12.4. The Hall–Kier alpha value is -1.36. The van der Waals surface area contributed by atoms with Crippen LogP contribution in [0.5, 0.6) is 0 Å². The van der Waals surface area contributed by atoms with Crippen LogP contribution in [0.2, 0.25) is 0 Å². The van der Waals surface area contributed by atoms with Crippen LogP contribution in [0, 0.1) is 5.92 Å². The predicted octanol–water partition coefficient (Wildman–Crippen LogP) is 2.51. The number of cyclic esters (lactones) is 1. The third kappa shape index (κ3) is 2.52. The van der Waals surface area contributed by atoms with E-state index in [1.807, 2.05) is 24.3 Å². The molecule has 0 radical (unpaired) electrons. The summed E-state index contributed by atoms with van der Waals surface area (Å²) < 4.78 is 5.95. The van der Waals surface area contributed by atoms with Crippen LogP contribution in [0.1, 0.15) is 19.3 Å². The van der Waals surface area contributed by atoms with E-state index >= 15 is 0 Å². The maximum Gasteiger partial charge on any atom is 0.329 e. The van der Waals surface area contributed by atoms with Crippen LogP contribution in [0.25, 0.3) is 0 Å². The average molecular weight is 324 g/mol. The van der Waals surface area contributed by atoms with Gasteiger partial charge in [-0.2, -0.15) is 0 Å². The number of nitrogens with zero attached hydrogens (tertiary/aromatic N) is 1. The molecule has 1 aliphatic carbocycles. The molecule has 1 atom stereocenters. The summed E-state index contributed by atoms with van der Waals surface area (Å²) >= 11 is 3.37. The van der Waals surface area contributed by atoms with E-state index in [9.17, 15) is 9.59 Å². The number of carbonyl (C=O) groups excluding carboxylic acids is 2. The van der Waals surface area contributed by atoms with Crippen LogP contribution in [-0.2, 0) is 14.3 Å². The minimum absolute atomic E-state index is 0.0474. The van der Waals surface area contributed by atoms with Gasteiger partial charge in [0.1, 0.15) is 6.04 Å². The summed E-state index contributed by atoms with van der Waals surface area (Å²) in [7, 11) is 0.